The lowest BCUT2D eigenvalue weighted by molar-refractivity contribution is 0.677. The van der Waals surface area contributed by atoms with E-state index in [1.54, 1.807) is 0 Å². The molecule has 0 atom stereocenters. The Hall–Kier alpha value is -1.56. The van der Waals surface area contributed by atoms with Crippen LogP contribution in [0.5, 0.6) is 0 Å². The van der Waals surface area contributed by atoms with E-state index >= 15 is 0 Å². The summed E-state index contributed by atoms with van der Waals surface area (Å²) in [5.74, 6) is 0. The van der Waals surface area contributed by atoms with Crippen LogP contribution in [0.1, 0.15) is 25.0 Å². The fourth-order valence-corrected chi connectivity index (χ4v) is 2.43. The van der Waals surface area contributed by atoms with Gasteiger partial charge in [-0.2, -0.15) is 0 Å². The molecule has 0 fully saturated rings. The summed E-state index contributed by atoms with van der Waals surface area (Å²) in [4.78, 5) is 0. The Bertz CT molecular complexity index is 554. The zero-order valence-electron chi connectivity index (χ0n) is 9.12. The first-order valence-corrected chi connectivity index (χ1v) is 5.40. The quantitative estimate of drug-likeness (QED) is 0.591. The smallest absolute Gasteiger partial charge is 0.00850 e. The van der Waals surface area contributed by atoms with Crippen molar-refractivity contribution in [1.82, 2.24) is 0 Å². The van der Waals surface area contributed by atoms with Gasteiger partial charge in [0.25, 0.3) is 0 Å². The summed E-state index contributed by atoms with van der Waals surface area (Å²) in [6.45, 7) is 4.54. The van der Waals surface area contributed by atoms with E-state index in [-0.39, 0.29) is 5.41 Å². The summed E-state index contributed by atoms with van der Waals surface area (Å²) < 4.78 is 0. The SMILES string of the molecule is CC1(C)C=Cc2cccc3cccc1c23. The molecule has 2 aromatic carbocycles. The van der Waals surface area contributed by atoms with E-state index in [0.717, 1.165) is 0 Å². The highest BCUT2D eigenvalue weighted by Crippen LogP contribution is 2.37. The normalized spacial score (nSPS) is 16.9. The minimum Gasteiger partial charge on any atom is -0.0738 e. The van der Waals surface area contributed by atoms with Crippen molar-refractivity contribution in [2.75, 3.05) is 0 Å². The van der Waals surface area contributed by atoms with Gasteiger partial charge in [-0.05, 0) is 21.9 Å². The molecule has 0 unspecified atom stereocenters. The molecule has 15 heavy (non-hydrogen) atoms. The summed E-state index contributed by atoms with van der Waals surface area (Å²) in [5, 5.41) is 2.77. The Balaban J connectivity index is 2.52. The van der Waals surface area contributed by atoms with E-state index in [4.69, 9.17) is 0 Å². The summed E-state index contributed by atoms with van der Waals surface area (Å²) in [7, 11) is 0. The van der Waals surface area contributed by atoms with Gasteiger partial charge in [0.05, 0.1) is 0 Å². The van der Waals surface area contributed by atoms with Gasteiger partial charge in [0, 0.05) is 5.41 Å². The van der Waals surface area contributed by atoms with Crippen molar-refractivity contribution in [2.45, 2.75) is 19.3 Å². The van der Waals surface area contributed by atoms with Gasteiger partial charge in [0.2, 0.25) is 0 Å². The van der Waals surface area contributed by atoms with Gasteiger partial charge < -0.3 is 0 Å². The third kappa shape index (κ3) is 1.14. The molecule has 0 aliphatic heterocycles. The fraction of sp³-hybridized carbons (Fsp3) is 0.200. The van der Waals surface area contributed by atoms with Crippen LogP contribution in [0.25, 0.3) is 16.8 Å². The number of benzene rings is 2. The van der Waals surface area contributed by atoms with Crippen LogP contribution in [0, 0.1) is 0 Å². The van der Waals surface area contributed by atoms with Crippen LogP contribution in [0.3, 0.4) is 0 Å². The van der Waals surface area contributed by atoms with Crippen molar-refractivity contribution < 1.29 is 0 Å². The van der Waals surface area contributed by atoms with E-state index < -0.39 is 0 Å². The van der Waals surface area contributed by atoms with Gasteiger partial charge in [-0.25, -0.2) is 0 Å². The standard InChI is InChI=1S/C15H14/c1-15(2)10-9-12-6-3-5-11-7-4-8-13(15)14(11)12/h3-10H,1-2H3. The van der Waals surface area contributed by atoms with E-state index in [1.165, 1.54) is 21.9 Å². The molecule has 3 rings (SSSR count). The van der Waals surface area contributed by atoms with Gasteiger partial charge in [-0.3, -0.25) is 0 Å². The second-order valence-corrected chi connectivity index (χ2v) is 4.81. The Labute approximate surface area is 90.2 Å². The summed E-state index contributed by atoms with van der Waals surface area (Å²) in [5.41, 5.74) is 2.95. The second-order valence-electron chi connectivity index (χ2n) is 4.81. The van der Waals surface area contributed by atoms with Crippen molar-refractivity contribution in [3.63, 3.8) is 0 Å². The average molecular weight is 194 g/mol. The highest BCUT2D eigenvalue weighted by Gasteiger charge is 2.23. The second kappa shape index (κ2) is 2.73. The zero-order chi connectivity index (χ0) is 10.5. The molecule has 0 nitrogen and oxygen atoms in total. The van der Waals surface area contributed by atoms with E-state index in [0.29, 0.717) is 0 Å². The summed E-state index contributed by atoms with van der Waals surface area (Å²) >= 11 is 0. The maximum atomic E-state index is 2.30. The third-order valence-electron chi connectivity index (χ3n) is 3.31. The number of hydrogen-bond donors (Lipinski definition) is 0. The lowest BCUT2D eigenvalue weighted by Gasteiger charge is -2.27. The third-order valence-corrected chi connectivity index (χ3v) is 3.31. The first-order chi connectivity index (χ1) is 7.18. The zero-order valence-corrected chi connectivity index (χ0v) is 9.12. The molecule has 74 valence electrons. The molecular formula is C15H14. The molecule has 1 aliphatic carbocycles. The van der Waals surface area contributed by atoms with Crippen molar-refractivity contribution in [1.29, 1.82) is 0 Å². The number of hydrogen-bond acceptors (Lipinski definition) is 0. The molecule has 0 bridgehead atoms. The van der Waals surface area contributed by atoms with Crippen LogP contribution in [0.2, 0.25) is 0 Å². The van der Waals surface area contributed by atoms with E-state index in [9.17, 15) is 0 Å². The predicted molar refractivity (Wildman–Crippen MR) is 66.0 cm³/mol. The fourth-order valence-electron chi connectivity index (χ4n) is 2.43. The van der Waals surface area contributed by atoms with Gasteiger partial charge in [0.15, 0.2) is 0 Å². The summed E-state index contributed by atoms with van der Waals surface area (Å²) in [6.07, 6.45) is 4.54. The van der Waals surface area contributed by atoms with E-state index in [2.05, 4.69) is 62.4 Å². The van der Waals surface area contributed by atoms with Crippen molar-refractivity contribution in [3.8, 4) is 0 Å². The maximum Gasteiger partial charge on any atom is 0.00850 e. The lowest BCUT2D eigenvalue weighted by Crippen LogP contribution is -2.16. The van der Waals surface area contributed by atoms with Crippen LogP contribution >= 0.6 is 0 Å². The highest BCUT2D eigenvalue weighted by molar-refractivity contribution is 5.96. The van der Waals surface area contributed by atoms with Gasteiger partial charge in [0.1, 0.15) is 0 Å². The van der Waals surface area contributed by atoms with Gasteiger partial charge in [-0.1, -0.05) is 62.4 Å². The minimum atomic E-state index is 0.161. The molecule has 0 saturated carbocycles. The maximum absolute atomic E-state index is 2.30. The first kappa shape index (κ1) is 8.72. The van der Waals surface area contributed by atoms with Crippen LogP contribution < -0.4 is 0 Å². The molecule has 0 N–H and O–H groups in total. The number of rotatable bonds is 0. The molecule has 0 heterocycles. The number of allylic oxidation sites excluding steroid dienone is 1. The topological polar surface area (TPSA) is 0 Å². The van der Waals surface area contributed by atoms with Crippen LogP contribution in [-0.4, -0.2) is 0 Å². The molecule has 0 heteroatoms. The molecule has 1 aliphatic rings. The average Bonchev–Trinajstić information content (AvgIpc) is 2.24. The Morgan fingerprint density at radius 3 is 2.47 bits per heavy atom. The Morgan fingerprint density at radius 1 is 0.933 bits per heavy atom. The molecule has 0 radical (unpaired) electrons. The monoisotopic (exact) mass is 194 g/mol. The molecule has 0 spiro atoms. The molecule has 2 aromatic rings. The van der Waals surface area contributed by atoms with Crippen molar-refractivity contribution in [3.05, 3.63) is 53.6 Å². The lowest BCUT2D eigenvalue weighted by atomic mass is 9.77. The van der Waals surface area contributed by atoms with Crippen molar-refractivity contribution in [2.24, 2.45) is 0 Å². The highest BCUT2D eigenvalue weighted by atomic mass is 14.3. The largest absolute Gasteiger partial charge is 0.0738 e. The van der Waals surface area contributed by atoms with Crippen molar-refractivity contribution >= 4 is 16.8 Å². The Morgan fingerprint density at radius 2 is 1.67 bits per heavy atom. The van der Waals surface area contributed by atoms with Gasteiger partial charge in [-0.15, -0.1) is 0 Å². The minimum absolute atomic E-state index is 0.161. The van der Waals surface area contributed by atoms with Crippen LogP contribution in [-0.2, 0) is 5.41 Å². The molecule has 0 amide bonds. The Kier molecular flexibility index (Phi) is 1.59. The first-order valence-electron chi connectivity index (χ1n) is 5.40. The predicted octanol–water partition coefficient (Wildman–Crippen LogP) is 4.14. The summed E-state index contributed by atoms with van der Waals surface area (Å²) in [6, 6.07) is 13.1. The molecule has 0 aromatic heterocycles. The van der Waals surface area contributed by atoms with Crippen LogP contribution in [0.15, 0.2) is 42.5 Å². The van der Waals surface area contributed by atoms with Gasteiger partial charge >= 0.3 is 0 Å². The van der Waals surface area contributed by atoms with E-state index in [1.807, 2.05) is 0 Å². The molecular weight excluding hydrogens is 180 g/mol. The molecule has 0 saturated heterocycles. The van der Waals surface area contributed by atoms with Crippen LogP contribution in [0.4, 0.5) is 0 Å².